The summed E-state index contributed by atoms with van der Waals surface area (Å²) in [5.41, 5.74) is 6.02. The van der Waals surface area contributed by atoms with Crippen LogP contribution in [0.3, 0.4) is 0 Å². The van der Waals surface area contributed by atoms with Crippen molar-refractivity contribution in [2.75, 3.05) is 20.0 Å². The van der Waals surface area contributed by atoms with Gasteiger partial charge < -0.3 is 20.3 Å². The van der Waals surface area contributed by atoms with E-state index >= 15 is 0 Å². The molecule has 0 radical (unpaired) electrons. The van der Waals surface area contributed by atoms with Crippen LogP contribution < -0.4 is 10.5 Å². The fourth-order valence-electron chi connectivity index (χ4n) is 3.70. The van der Waals surface area contributed by atoms with Gasteiger partial charge in [-0.05, 0) is 54.3 Å². The molecule has 0 unspecified atom stereocenters. The van der Waals surface area contributed by atoms with E-state index in [1.54, 1.807) is 24.3 Å². The number of benzene rings is 3. The molecule has 0 aromatic heterocycles. The van der Waals surface area contributed by atoms with Gasteiger partial charge in [0.1, 0.15) is 11.3 Å². The topological polar surface area (TPSA) is 133 Å². The number of carboxylic acids is 1. The summed E-state index contributed by atoms with van der Waals surface area (Å²) in [6, 6.07) is 14.6. The molecule has 0 aliphatic rings. The van der Waals surface area contributed by atoms with Gasteiger partial charge in [0.25, 0.3) is 0 Å². The van der Waals surface area contributed by atoms with Crippen molar-refractivity contribution in [3.63, 3.8) is 0 Å². The highest BCUT2D eigenvalue weighted by Gasteiger charge is 2.34. The molecule has 0 amide bonds. The van der Waals surface area contributed by atoms with Gasteiger partial charge in [-0.25, -0.2) is 18.0 Å². The van der Waals surface area contributed by atoms with Gasteiger partial charge in [-0.2, -0.15) is 0 Å². The number of rotatable bonds is 7. The first-order valence-corrected chi connectivity index (χ1v) is 11.3. The van der Waals surface area contributed by atoms with Crippen LogP contribution in [0, 0.1) is 6.92 Å². The van der Waals surface area contributed by atoms with Gasteiger partial charge in [-0.3, -0.25) is 0 Å². The molecule has 0 spiro atoms. The summed E-state index contributed by atoms with van der Waals surface area (Å²) in [6.45, 7) is 1.47. The van der Waals surface area contributed by atoms with Gasteiger partial charge >= 0.3 is 11.9 Å². The van der Waals surface area contributed by atoms with Gasteiger partial charge in [0.05, 0.1) is 35.3 Å². The first-order valence-electron chi connectivity index (χ1n) is 9.83. The maximum Gasteiger partial charge on any atom is 0.340 e. The Morgan fingerprint density at radius 3 is 2.09 bits per heavy atom. The van der Waals surface area contributed by atoms with Crippen molar-refractivity contribution in [3.05, 3.63) is 82.4 Å². The van der Waals surface area contributed by atoms with E-state index in [1.165, 1.54) is 38.3 Å². The number of anilines is 1. The van der Waals surface area contributed by atoms with Crippen LogP contribution in [-0.2, 0) is 21.0 Å². The SMILES string of the molecule is COC(=O)c1c(N)c(C(=O)O)c(S(=O)(=O)c2ccc(OC)cc2)c(C)c1Cc1ccccc1. The highest BCUT2D eigenvalue weighted by atomic mass is 32.2. The van der Waals surface area contributed by atoms with Crippen molar-refractivity contribution in [2.45, 2.75) is 23.1 Å². The Bertz CT molecular complexity index is 1320. The van der Waals surface area contributed by atoms with Gasteiger partial charge in [0.15, 0.2) is 0 Å². The minimum Gasteiger partial charge on any atom is -0.497 e. The monoisotopic (exact) mass is 469 g/mol. The number of carbonyl (C=O) groups excluding carboxylic acids is 1. The smallest absolute Gasteiger partial charge is 0.340 e. The lowest BCUT2D eigenvalue weighted by Gasteiger charge is -2.21. The molecule has 3 N–H and O–H groups in total. The average Bonchev–Trinajstić information content (AvgIpc) is 2.81. The molecule has 0 saturated heterocycles. The third-order valence-corrected chi connectivity index (χ3v) is 7.27. The van der Waals surface area contributed by atoms with Crippen molar-refractivity contribution >= 4 is 27.5 Å². The summed E-state index contributed by atoms with van der Waals surface area (Å²) in [6.07, 6.45) is 0.145. The standard InChI is InChI=1S/C24H23NO7S/c1-14-18(13-15-7-5-4-6-8-15)19(24(28)32-3)21(25)20(23(26)27)22(14)33(29,30)17-11-9-16(31-2)10-12-17/h4-12H,13,25H2,1-3H3,(H,26,27). The number of carboxylic acid groups (broad SMARTS) is 1. The first-order chi connectivity index (χ1) is 15.6. The molecule has 0 fully saturated rings. The fourth-order valence-corrected chi connectivity index (χ4v) is 5.42. The van der Waals surface area contributed by atoms with Crippen LogP contribution in [-0.4, -0.2) is 39.7 Å². The van der Waals surface area contributed by atoms with Gasteiger partial charge in [0.2, 0.25) is 9.84 Å². The first kappa shape index (κ1) is 23.8. The van der Waals surface area contributed by atoms with Crippen molar-refractivity contribution in [2.24, 2.45) is 0 Å². The second-order valence-corrected chi connectivity index (χ2v) is 9.12. The molecule has 172 valence electrons. The molecule has 0 bridgehead atoms. The Hall–Kier alpha value is -3.85. The lowest BCUT2D eigenvalue weighted by atomic mass is 9.91. The predicted octanol–water partition coefficient (Wildman–Crippen LogP) is 3.49. The molecule has 8 nitrogen and oxygen atoms in total. The average molecular weight is 470 g/mol. The number of sulfone groups is 1. The van der Waals surface area contributed by atoms with Gasteiger partial charge in [-0.15, -0.1) is 0 Å². The minimum atomic E-state index is -4.33. The molecule has 3 aromatic rings. The Morgan fingerprint density at radius 2 is 1.58 bits per heavy atom. The molecule has 0 heterocycles. The number of carbonyl (C=O) groups is 2. The third-order valence-electron chi connectivity index (χ3n) is 5.33. The summed E-state index contributed by atoms with van der Waals surface area (Å²) < 4.78 is 37.1. The van der Waals surface area contributed by atoms with Gasteiger partial charge in [-0.1, -0.05) is 30.3 Å². The Morgan fingerprint density at radius 1 is 0.970 bits per heavy atom. The van der Waals surface area contributed by atoms with Crippen molar-refractivity contribution in [3.8, 4) is 5.75 Å². The number of nitrogen functional groups attached to an aromatic ring is 1. The molecular weight excluding hydrogens is 446 g/mol. The lowest BCUT2D eigenvalue weighted by Crippen LogP contribution is -2.21. The molecule has 3 aromatic carbocycles. The maximum absolute atomic E-state index is 13.6. The third kappa shape index (κ3) is 4.40. The second kappa shape index (κ2) is 9.33. The summed E-state index contributed by atoms with van der Waals surface area (Å²) in [7, 11) is -1.74. The van der Waals surface area contributed by atoms with Crippen molar-refractivity contribution < 1.29 is 32.6 Å². The molecule has 0 atom stereocenters. The van der Waals surface area contributed by atoms with Crippen LogP contribution in [0.15, 0.2) is 64.4 Å². The quantitative estimate of drug-likeness (QED) is 0.397. The fraction of sp³-hybridized carbons (Fsp3) is 0.167. The number of aromatic carboxylic acids is 1. The zero-order valence-corrected chi connectivity index (χ0v) is 19.1. The second-order valence-electron chi connectivity index (χ2n) is 7.23. The van der Waals surface area contributed by atoms with Crippen molar-refractivity contribution in [1.82, 2.24) is 0 Å². The highest BCUT2D eigenvalue weighted by molar-refractivity contribution is 7.91. The van der Waals surface area contributed by atoms with Crippen LogP contribution >= 0.6 is 0 Å². The van der Waals surface area contributed by atoms with Crippen LogP contribution in [0.25, 0.3) is 0 Å². The lowest BCUT2D eigenvalue weighted by molar-refractivity contribution is 0.0600. The normalized spacial score (nSPS) is 11.1. The van der Waals surface area contributed by atoms with Crippen molar-refractivity contribution in [1.29, 1.82) is 0 Å². The largest absolute Gasteiger partial charge is 0.497 e. The molecular formula is C24H23NO7S. The Balaban J connectivity index is 2.39. The molecule has 0 aliphatic carbocycles. The minimum absolute atomic E-state index is 0.113. The van der Waals surface area contributed by atoms with E-state index in [0.29, 0.717) is 5.75 Å². The van der Waals surface area contributed by atoms with E-state index in [4.69, 9.17) is 15.2 Å². The predicted molar refractivity (Wildman–Crippen MR) is 122 cm³/mol. The summed E-state index contributed by atoms with van der Waals surface area (Å²) in [5, 5.41) is 9.91. The summed E-state index contributed by atoms with van der Waals surface area (Å²) >= 11 is 0. The van der Waals surface area contributed by atoms with Crippen LogP contribution in [0.1, 0.15) is 37.4 Å². The van der Waals surface area contributed by atoms with E-state index in [-0.39, 0.29) is 28.0 Å². The molecule has 33 heavy (non-hydrogen) atoms. The van der Waals surface area contributed by atoms with Gasteiger partial charge in [0, 0.05) is 0 Å². The number of methoxy groups -OCH3 is 2. The van der Waals surface area contributed by atoms with E-state index in [2.05, 4.69) is 0 Å². The van der Waals surface area contributed by atoms with E-state index < -0.39 is 37.9 Å². The number of hydrogen-bond acceptors (Lipinski definition) is 7. The number of ether oxygens (including phenoxy) is 2. The van der Waals surface area contributed by atoms with Crippen LogP contribution in [0.2, 0.25) is 0 Å². The maximum atomic E-state index is 13.6. The zero-order chi connectivity index (χ0) is 24.3. The Labute approximate surface area is 191 Å². The highest BCUT2D eigenvalue weighted by Crippen LogP contribution is 2.38. The molecule has 0 saturated carbocycles. The summed E-state index contributed by atoms with van der Waals surface area (Å²) in [4.78, 5) is 24.2. The zero-order valence-electron chi connectivity index (χ0n) is 18.3. The van der Waals surface area contributed by atoms with Crippen LogP contribution in [0.5, 0.6) is 5.75 Å². The van der Waals surface area contributed by atoms with Crippen LogP contribution in [0.4, 0.5) is 5.69 Å². The number of esters is 1. The number of nitrogens with two attached hydrogens (primary N) is 1. The molecule has 3 rings (SSSR count). The van der Waals surface area contributed by atoms with E-state index in [0.717, 1.165) is 12.7 Å². The van der Waals surface area contributed by atoms with E-state index in [9.17, 15) is 23.1 Å². The number of hydrogen-bond donors (Lipinski definition) is 2. The van der Waals surface area contributed by atoms with E-state index in [1.807, 2.05) is 6.07 Å². The molecule has 0 aliphatic heterocycles. The summed E-state index contributed by atoms with van der Waals surface area (Å²) in [5.74, 6) is -1.98. The molecule has 9 heteroatoms. The Kier molecular flexibility index (Phi) is 6.73.